The molecule has 0 aromatic rings. The Labute approximate surface area is 65.4 Å². The zero-order valence-electron chi connectivity index (χ0n) is 6.42. The molecule has 1 aliphatic carbocycles. The Morgan fingerprint density at radius 3 is 2.55 bits per heavy atom. The normalized spacial score (nSPS) is 32.8. The molecule has 1 N–H and O–H groups in total. The van der Waals surface area contributed by atoms with Gasteiger partial charge in [-0.15, -0.1) is 0 Å². The lowest BCUT2D eigenvalue weighted by Crippen LogP contribution is -2.23. The first-order valence-electron chi connectivity index (χ1n) is 4.08. The van der Waals surface area contributed by atoms with Gasteiger partial charge in [-0.2, -0.15) is 0 Å². The number of carbonyl (C=O) groups is 1. The monoisotopic (exact) mass is 160 g/mol. The molecule has 3 heteroatoms. The molecule has 0 radical (unpaired) electrons. The van der Waals surface area contributed by atoms with Crippen molar-refractivity contribution in [2.45, 2.75) is 38.3 Å². The first-order valence-corrected chi connectivity index (χ1v) is 4.08. The highest BCUT2D eigenvalue weighted by molar-refractivity contribution is 5.70. The summed E-state index contributed by atoms with van der Waals surface area (Å²) in [5, 5.41) is 8.59. The van der Waals surface area contributed by atoms with Gasteiger partial charge in [0.25, 0.3) is 0 Å². The third-order valence-corrected chi connectivity index (χ3v) is 2.25. The molecule has 0 bridgehead atoms. The molecule has 2 nitrogen and oxygen atoms in total. The van der Waals surface area contributed by atoms with Gasteiger partial charge in [-0.25, -0.2) is 4.39 Å². The third-order valence-electron chi connectivity index (χ3n) is 2.25. The number of carboxylic acid groups (broad SMARTS) is 1. The summed E-state index contributed by atoms with van der Waals surface area (Å²) < 4.78 is 13.0. The van der Waals surface area contributed by atoms with Crippen molar-refractivity contribution >= 4 is 5.97 Å². The lowest BCUT2D eigenvalue weighted by molar-refractivity contribution is -0.144. The molecule has 0 aliphatic heterocycles. The van der Waals surface area contributed by atoms with Crippen molar-refractivity contribution in [3.05, 3.63) is 0 Å². The Balaban J connectivity index is 2.52. The van der Waals surface area contributed by atoms with Gasteiger partial charge in [-0.1, -0.05) is 19.3 Å². The second-order valence-electron chi connectivity index (χ2n) is 3.10. The molecule has 11 heavy (non-hydrogen) atoms. The average Bonchev–Trinajstić information content (AvgIpc) is 2.13. The molecule has 0 aromatic heterocycles. The van der Waals surface area contributed by atoms with Crippen LogP contribution in [0.3, 0.4) is 0 Å². The van der Waals surface area contributed by atoms with Crippen molar-refractivity contribution in [3.8, 4) is 0 Å². The van der Waals surface area contributed by atoms with Gasteiger partial charge in [0.2, 0.25) is 0 Å². The summed E-state index contributed by atoms with van der Waals surface area (Å²) in [6, 6.07) is 0. The predicted molar refractivity (Wildman–Crippen MR) is 39.1 cm³/mol. The molecule has 2 atom stereocenters. The van der Waals surface area contributed by atoms with Gasteiger partial charge in [-0.05, 0) is 12.8 Å². The molecule has 1 rings (SSSR count). The number of aliphatic carboxylic acids is 1. The van der Waals surface area contributed by atoms with Crippen molar-refractivity contribution < 1.29 is 14.3 Å². The average molecular weight is 160 g/mol. The van der Waals surface area contributed by atoms with E-state index in [-0.39, 0.29) is 0 Å². The predicted octanol–water partition coefficient (Wildman–Crippen LogP) is 1.99. The minimum absolute atomic E-state index is 0.428. The zero-order valence-corrected chi connectivity index (χ0v) is 6.42. The summed E-state index contributed by atoms with van der Waals surface area (Å²) in [7, 11) is 0. The summed E-state index contributed by atoms with van der Waals surface area (Å²) in [5.41, 5.74) is 0. The summed E-state index contributed by atoms with van der Waals surface area (Å²) in [6.07, 6.45) is 2.50. The molecule has 1 fully saturated rings. The lowest BCUT2D eigenvalue weighted by atomic mass is 9.99. The second-order valence-corrected chi connectivity index (χ2v) is 3.10. The smallest absolute Gasteiger partial charge is 0.309 e. The van der Waals surface area contributed by atoms with Crippen LogP contribution in [0.2, 0.25) is 0 Å². The minimum atomic E-state index is -1.12. The molecule has 0 heterocycles. The summed E-state index contributed by atoms with van der Waals surface area (Å²) in [5.74, 6) is -1.71. The summed E-state index contributed by atoms with van der Waals surface area (Å²) in [4.78, 5) is 10.5. The molecule has 64 valence electrons. The van der Waals surface area contributed by atoms with E-state index in [2.05, 4.69) is 0 Å². The summed E-state index contributed by atoms with van der Waals surface area (Å²) >= 11 is 0. The van der Waals surface area contributed by atoms with Crippen LogP contribution < -0.4 is 0 Å². The second kappa shape index (κ2) is 3.69. The minimum Gasteiger partial charge on any atom is -0.481 e. The summed E-state index contributed by atoms with van der Waals surface area (Å²) in [6.45, 7) is 0. The van der Waals surface area contributed by atoms with E-state index in [4.69, 9.17) is 5.11 Å². The molecule has 0 unspecified atom stereocenters. The zero-order chi connectivity index (χ0) is 8.27. The molecule has 0 aromatic carbocycles. The van der Waals surface area contributed by atoms with Crippen molar-refractivity contribution in [3.63, 3.8) is 0 Å². The Morgan fingerprint density at radius 1 is 1.27 bits per heavy atom. The number of rotatable bonds is 1. The Morgan fingerprint density at radius 2 is 1.91 bits per heavy atom. The molecule has 0 spiro atoms. The highest BCUT2D eigenvalue weighted by Crippen LogP contribution is 2.25. The van der Waals surface area contributed by atoms with E-state index in [9.17, 15) is 9.18 Å². The van der Waals surface area contributed by atoms with E-state index in [1.165, 1.54) is 0 Å². The van der Waals surface area contributed by atoms with Crippen molar-refractivity contribution in [1.82, 2.24) is 0 Å². The molecule has 1 saturated carbocycles. The number of alkyl halides is 1. The van der Waals surface area contributed by atoms with E-state index in [0.29, 0.717) is 12.8 Å². The largest absolute Gasteiger partial charge is 0.481 e. The number of halogens is 1. The van der Waals surface area contributed by atoms with Gasteiger partial charge in [-0.3, -0.25) is 4.79 Å². The third kappa shape index (κ3) is 2.17. The van der Waals surface area contributed by atoms with Crippen LogP contribution in [-0.2, 0) is 4.79 Å². The molecule has 0 amide bonds. The van der Waals surface area contributed by atoms with Crippen LogP contribution in [0.5, 0.6) is 0 Å². The van der Waals surface area contributed by atoms with Crippen molar-refractivity contribution in [1.29, 1.82) is 0 Å². The van der Waals surface area contributed by atoms with E-state index in [1.807, 2.05) is 0 Å². The van der Waals surface area contributed by atoms with Crippen LogP contribution in [0, 0.1) is 5.92 Å². The Kier molecular flexibility index (Phi) is 2.85. The highest BCUT2D eigenvalue weighted by atomic mass is 19.1. The van der Waals surface area contributed by atoms with Gasteiger partial charge in [0.15, 0.2) is 0 Å². The van der Waals surface area contributed by atoms with E-state index >= 15 is 0 Å². The lowest BCUT2D eigenvalue weighted by Gasteiger charge is -2.12. The van der Waals surface area contributed by atoms with Crippen molar-refractivity contribution in [2.24, 2.45) is 5.92 Å². The van der Waals surface area contributed by atoms with E-state index < -0.39 is 18.1 Å². The van der Waals surface area contributed by atoms with Gasteiger partial charge >= 0.3 is 5.97 Å². The van der Waals surface area contributed by atoms with Gasteiger partial charge < -0.3 is 5.11 Å². The van der Waals surface area contributed by atoms with Crippen LogP contribution in [0.4, 0.5) is 4.39 Å². The maximum atomic E-state index is 13.0. The molecular formula is C8H13FO2. The van der Waals surface area contributed by atoms with Crippen LogP contribution in [0.1, 0.15) is 32.1 Å². The molecule has 0 saturated heterocycles. The first-order chi connectivity index (χ1) is 5.22. The Hall–Kier alpha value is -0.600. The van der Waals surface area contributed by atoms with Gasteiger partial charge in [0.1, 0.15) is 6.17 Å². The van der Waals surface area contributed by atoms with Gasteiger partial charge in [0.05, 0.1) is 5.92 Å². The van der Waals surface area contributed by atoms with Crippen LogP contribution in [0.15, 0.2) is 0 Å². The number of carboxylic acids is 1. The van der Waals surface area contributed by atoms with Crippen LogP contribution >= 0.6 is 0 Å². The standard InChI is InChI=1S/C8H13FO2/c9-7-5-3-1-2-4-6(7)8(10)11/h6-7H,1-5H2,(H,10,11)/t6-,7+/m0/s1. The fourth-order valence-electron chi connectivity index (χ4n) is 1.54. The van der Waals surface area contributed by atoms with Crippen LogP contribution in [-0.4, -0.2) is 17.2 Å². The van der Waals surface area contributed by atoms with Crippen LogP contribution in [0.25, 0.3) is 0 Å². The maximum absolute atomic E-state index is 13.0. The molecule has 1 aliphatic rings. The van der Waals surface area contributed by atoms with Crippen molar-refractivity contribution in [2.75, 3.05) is 0 Å². The van der Waals surface area contributed by atoms with E-state index in [1.54, 1.807) is 0 Å². The van der Waals surface area contributed by atoms with Gasteiger partial charge in [0, 0.05) is 0 Å². The quantitative estimate of drug-likeness (QED) is 0.595. The topological polar surface area (TPSA) is 37.3 Å². The molecular weight excluding hydrogens is 147 g/mol. The fraction of sp³-hybridized carbons (Fsp3) is 0.875. The highest BCUT2D eigenvalue weighted by Gasteiger charge is 2.28. The first kappa shape index (κ1) is 8.50. The maximum Gasteiger partial charge on any atom is 0.309 e. The fourth-order valence-corrected chi connectivity index (χ4v) is 1.54. The SMILES string of the molecule is O=C(O)[C@H]1CCCCC[C@H]1F. The Bertz CT molecular complexity index is 147. The number of hydrogen-bond donors (Lipinski definition) is 1. The number of hydrogen-bond acceptors (Lipinski definition) is 1. The van der Waals surface area contributed by atoms with E-state index in [0.717, 1.165) is 19.3 Å².